The minimum atomic E-state index is -1.47. The summed E-state index contributed by atoms with van der Waals surface area (Å²) in [5.41, 5.74) is -0.0690. The summed E-state index contributed by atoms with van der Waals surface area (Å²) in [6, 6.07) is 0.000185. The first-order chi connectivity index (χ1) is 8.63. The van der Waals surface area contributed by atoms with Gasteiger partial charge in [-0.05, 0) is 12.8 Å². The first-order valence-electron chi connectivity index (χ1n) is 5.83. The molecule has 1 aliphatic rings. The molecule has 18 heavy (non-hydrogen) atoms. The highest BCUT2D eigenvalue weighted by atomic mass is 32.1. The number of aliphatic hydroxyl groups excluding tert-OH is 1. The maximum atomic E-state index is 14.0. The summed E-state index contributed by atoms with van der Waals surface area (Å²) in [6.07, 6.45) is 4.54. The molecule has 96 valence electrons. The highest BCUT2D eigenvalue weighted by molar-refractivity contribution is 7.71. The smallest absolute Gasteiger partial charge is 0.157 e. The largest absolute Gasteiger partial charge is 0.393 e. The van der Waals surface area contributed by atoms with Crippen molar-refractivity contribution in [2.75, 3.05) is 6.61 Å². The number of hydrogen-bond acceptors (Lipinski definition) is 4. The molecular formula is C11H13FN4OS. The molecule has 2 atom stereocenters. The van der Waals surface area contributed by atoms with Gasteiger partial charge in [-0.25, -0.2) is 14.4 Å². The van der Waals surface area contributed by atoms with Gasteiger partial charge < -0.3 is 14.7 Å². The van der Waals surface area contributed by atoms with Gasteiger partial charge in [0.2, 0.25) is 0 Å². The number of aliphatic hydroxyl groups is 1. The number of alkyl halides is 1. The Morgan fingerprint density at radius 2 is 2.44 bits per heavy atom. The summed E-state index contributed by atoms with van der Waals surface area (Å²) in [6.45, 7) is -0.423. The molecule has 0 amide bonds. The van der Waals surface area contributed by atoms with Gasteiger partial charge in [0.05, 0.1) is 19.3 Å². The number of aromatic amines is 1. The summed E-state index contributed by atoms with van der Waals surface area (Å²) in [4.78, 5) is 11.2. The first kappa shape index (κ1) is 11.7. The topological polar surface area (TPSA) is 66.7 Å². The maximum absolute atomic E-state index is 14.0. The van der Waals surface area contributed by atoms with E-state index in [0.717, 1.165) is 5.65 Å². The van der Waals surface area contributed by atoms with E-state index in [0.29, 0.717) is 29.4 Å². The molecular weight excluding hydrogens is 255 g/mol. The number of nitrogens with one attached hydrogen (secondary N) is 1. The second kappa shape index (κ2) is 4.10. The van der Waals surface area contributed by atoms with Crippen LogP contribution in [0.2, 0.25) is 0 Å². The molecule has 0 bridgehead atoms. The van der Waals surface area contributed by atoms with Gasteiger partial charge in [0.1, 0.15) is 16.8 Å². The Morgan fingerprint density at radius 1 is 1.61 bits per heavy atom. The van der Waals surface area contributed by atoms with Gasteiger partial charge in [0.15, 0.2) is 4.64 Å². The van der Waals surface area contributed by atoms with Crippen molar-refractivity contribution < 1.29 is 9.50 Å². The zero-order valence-corrected chi connectivity index (χ0v) is 10.5. The van der Waals surface area contributed by atoms with Crippen LogP contribution in [0.5, 0.6) is 0 Å². The third-order valence-electron chi connectivity index (χ3n) is 3.58. The third kappa shape index (κ3) is 1.74. The molecule has 0 saturated heterocycles. The van der Waals surface area contributed by atoms with Crippen LogP contribution in [0.15, 0.2) is 12.7 Å². The molecule has 2 aromatic rings. The van der Waals surface area contributed by atoms with Crippen LogP contribution in [-0.4, -0.2) is 36.9 Å². The van der Waals surface area contributed by atoms with Crippen LogP contribution in [0.1, 0.15) is 25.3 Å². The lowest BCUT2D eigenvalue weighted by atomic mass is 10.1. The summed E-state index contributed by atoms with van der Waals surface area (Å²) >= 11 is 5.09. The van der Waals surface area contributed by atoms with Crippen LogP contribution in [0.3, 0.4) is 0 Å². The van der Waals surface area contributed by atoms with E-state index in [2.05, 4.69) is 15.0 Å². The standard InChI is InChI=1S/C11H13FN4OS/c12-11(4-17)2-1-7(3-11)16-6-15-8-9(16)13-5-14-10(8)18/h5-7,17H,1-4H2,(H,13,14,18). The number of imidazole rings is 1. The van der Waals surface area contributed by atoms with Crippen LogP contribution in [-0.2, 0) is 0 Å². The van der Waals surface area contributed by atoms with E-state index in [9.17, 15) is 4.39 Å². The molecule has 2 aromatic heterocycles. The second-order valence-corrected chi connectivity index (χ2v) is 5.15. The predicted molar refractivity (Wildman–Crippen MR) is 66.5 cm³/mol. The molecule has 5 nitrogen and oxygen atoms in total. The Kier molecular flexibility index (Phi) is 2.67. The van der Waals surface area contributed by atoms with Crippen molar-refractivity contribution in [2.24, 2.45) is 0 Å². The van der Waals surface area contributed by atoms with Crippen molar-refractivity contribution in [3.63, 3.8) is 0 Å². The van der Waals surface area contributed by atoms with Crippen LogP contribution < -0.4 is 0 Å². The summed E-state index contributed by atoms with van der Waals surface area (Å²) in [5.74, 6) is 0. The monoisotopic (exact) mass is 268 g/mol. The van der Waals surface area contributed by atoms with Gasteiger partial charge in [-0.3, -0.25) is 0 Å². The third-order valence-corrected chi connectivity index (χ3v) is 3.88. The normalized spacial score (nSPS) is 28.0. The lowest BCUT2D eigenvalue weighted by molar-refractivity contribution is 0.0741. The van der Waals surface area contributed by atoms with Gasteiger partial charge in [-0.15, -0.1) is 0 Å². The van der Waals surface area contributed by atoms with Crippen molar-refractivity contribution in [3.8, 4) is 0 Å². The highest BCUT2D eigenvalue weighted by Crippen LogP contribution is 2.41. The van der Waals surface area contributed by atoms with Crippen molar-refractivity contribution in [1.29, 1.82) is 0 Å². The van der Waals surface area contributed by atoms with E-state index in [4.69, 9.17) is 17.3 Å². The van der Waals surface area contributed by atoms with Gasteiger partial charge in [0.25, 0.3) is 0 Å². The van der Waals surface area contributed by atoms with Crippen molar-refractivity contribution >= 4 is 23.4 Å². The zero-order valence-electron chi connectivity index (χ0n) is 9.64. The minimum absolute atomic E-state index is 0.000185. The average molecular weight is 268 g/mol. The maximum Gasteiger partial charge on any atom is 0.157 e. The fraction of sp³-hybridized carbons (Fsp3) is 0.545. The Labute approximate surface area is 108 Å². The van der Waals surface area contributed by atoms with Crippen LogP contribution in [0, 0.1) is 4.64 Å². The molecule has 0 spiro atoms. The van der Waals surface area contributed by atoms with E-state index in [1.54, 1.807) is 6.33 Å². The molecule has 1 saturated carbocycles. The van der Waals surface area contributed by atoms with Crippen molar-refractivity contribution in [3.05, 3.63) is 17.3 Å². The van der Waals surface area contributed by atoms with Gasteiger partial charge in [-0.2, -0.15) is 0 Å². The number of nitrogens with zero attached hydrogens (tertiary/aromatic N) is 3. The molecule has 0 aromatic carbocycles. The zero-order chi connectivity index (χ0) is 12.8. The van der Waals surface area contributed by atoms with Gasteiger partial charge in [0, 0.05) is 12.5 Å². The molecule has 2 heterocycles. The number of aromatic nitrogens is 4. The van der Waals surface area contributed by atoms with E-state index >= 15 is 0 Å². The van der Waals surface area contributed by atoms with E-state index in [1.807, 2.05) is 4.57 Å². The number of halogens is 1. The Hall–Kier alpha value is -1.34. The SMILES string of the molecule is OCC1(F)CCC(n2cnc3c(=S)nc[nH]c32)C1. The number of fused-ring (bicyclic) bond motifs is 1. The highest BCUT2D eigenvalue weighted by Gasteiger charge is 2.40. The Morgan fingerprint density at radius 3 is 3.17 bits per heavy atom. The molecule has 0 aliphatic heterocycles. The Balaban J connectivity index is 2.02. The molecule has 0 radical (unpaired) electrons. The summed E-state index contributed by atoms with van der Waals surface area (Å²) in [5, 5.41) is 9.06. The van der Waals surface area contributed by atoms with Crippen LogP contribution in [0.25, 0.3) is 11.2 Å². The van der Waals surface area contributed by atoms with Crippen LogP contribution in [0.4, 0.5) is 4.39 Å². The molecule has 2 N–H and O–H groups in total. The molecule has 7 heteroatoms. The molecule has 1 fully saturated rings. The predicted octanol–water partition coefficient (Wildman–Crippen LogP) is 1.91. The summed E-state index contributed by atoms with van der Waals surface area (Å²) < 4.78 is 16.4. The van der Waals surface area contributed by atoms with E-state index < -0.39 is 12.3 Å². The number of H-pyrrole nitrogens is 1. The lowest BCUT2D eigenvalue weighted by Gasteiger charge is -2.17. The lowest BCUT2D eigenvalue weighted by Crippen LogP contribution is -2.24. The average Bonchev–Trinajstić information content (AvgIpc) is 2.94. The fourth-order valence-corrected chi connectivity index (χ4v) is 2.79. The molecule has 3 rings (SSSR count). The van der Waals surface area contributed by atoms with Gasteiger partial charge >= 0.3 is 0 Å². The Bertz CT molecular complexity index is 639. The van der Waals surface area contributed by atoms with Crippen LogP contribution >= 0.6 is 12.2 Å². The number of hydrogen-bond donors (Lipinski definition) is 2. The van der Waals surface area contributed by atoms with Crippen molar-refractivity contribution in [2.45, 2.75) is 31.0 Å². The quantitative estimate of drug-likeness (QED) is 0.817. The van der Waals surface area contributed by atoms with Crippen molar-refractivity contribution in [1.82, 2.24) is 19.5 Å². The second-order valence-electron chi connectivity index (χ2n) is 4.76. The first-order valence-corrected chi connectivity index (χ1v) is 6.24. The fourth-order valence-electron chi connectivity index (χ4n) is 2.58. The number of rotatable bonds is 2. The van der Waals surface area contributed by atoms with E-state index in [-0.39, 0.29) is 6.04 Å². The molecule has 2 unspecified atom stereocenters. The van der Waals surface area contributed by atoms with E-state index in [1.165, 1.54) is 6.33 Å². The molecule has 1 aliphatic carbocycles. The van der Waals surface area contributed by atoms with Gasteiger partial charge in [-0.1, -0.05) is 12.2 Å². The minimum Gasteiger partial charge on any atom is -0.393 e. The summed E-state index contributed by atoms with van der Waals surface area (Å²) in [7, 11) is 0.